The monoisotopic (exact) mass is 430 g/mol. The summed E-state index contributed by atoms with van der Waals surface area (Å²) in [5, 5.41) is 7.32. The Morgan fingerprint density at radius 1 is 1.06 bits per heavy atom. The fourth-order valence-electron chi connectivity index (χ4n) is 4.21. The van der Waals surface area contributed by atoms with Crippen LogP contribution in [0.5, 0.6) is 0 Å². The van der Waals surface area contributed by atoms with Crippen LogP contribution in [0.15, 0.2) is 67.0 Å². The summed E-state index contributed by atoms with van der Waals surface area (Å²) in [5.41, 5.74) is 4.42. The van der Waals surface area contributed by atoms with Crippen molar-refractivity contribution in [1.82, 2.24) is 20.0 Å². The zero-order valence-corrected chi connectivity index (χ0v) is 18.7. The van der Waals surface area contributed by atoms with Gasteiger partial charge in [0.1, 0.15) is 6.04 Å². The molecule has 1 atom stereocenters. The van der Waals surface area contributed by atoms with Gasteiger partial charge in [-0.1, -0.05) is 62.4 Å². The number of amides is 2. The first-order valence-electron chi connectivity index (χ1n) is 11.2. The molecular formula is C26H30N4O2. The fourth-order valence-corrected chi connectivity index (χ4v) is 4.21. The smallest absolute Gasteiger partial charge is 0.243 e. The Morgan fingerprint density at radius 2 is 1.84 bits per heavy atom. The lowest BCUT2D eigenvalue weighted by Crippen LogP contribution is -2.52. The first kappa shape index (κ1) is 21.8. The van der Waals surface area contributed by atoms with Crippen molar-refractivity contribution in [3.05, 3.63) is 89.2 Å². The van der Waals surface area contributed by atoms with Gasteiger partial charge in [0.2, 0.25) is 11.8 Å². The van der Waals surface area contributed by atoms with Crippen LogP contribution < -0.4 is 5.32 Å². The van der Waals surface area contributed by atoms with E-state index < -0.39 is 6.04 Å². The average molecular weight is 431 g/mol. The molecule has 1 aromatic heterocycles. The Balaban J connectivity index is 1.45. The maximum absolute atomic E-state index is 13.2. The number of rotatable bonds is 7. The van der Waals surface area contributed by atoms with Crippen LogP contribution in [0.4, 0.5) is 0 Å². The number of carbonyl (C=O) groups excluding carboxylic acids is 2. The summed E-state index contributed by atoms with van der Waals surface area (Å²) in [4.78, 5) is 27.9. The minimum atomic E-state index is -0.483. The lowest BCUT2D eigenvalue weighted by Gasteiger charge is -2.36. The maximum atomic E-state index is 13.2. The van der Waals surface area contributed by atoms with Gasteiger partial charge in [0.25, 0.3) is 0 Å². The molecule has 0 saturated heterocycles. The van der Waals surface area contributed by atoms with Crippen LogP contribution in [0, 0.1) is 5.92 Å². The molecule has 0 fully saturated rings. The van der Waals surface area contributed by atoms with Crippen molar-refractivity contribution in [3.8, 4) is 0 Å². The molecule has 32 heavy (non-hydrogen) atoms. The van der Waals surface area contributed by atoms with Crippen LogP contribution in [0.25, 0.3) is 0 Å². The third-order valence-corrected chi connectivity index (χ3v) is 5.82. The van der Waals surface area contributed by atoms with Gasteiger partial charge in [-0.3, -0.25) is 14.3 Å². The topological polar surface area (TPSA) is 67.2 Å². The van der Waals surface area contributed by atoms with Crippen LogP contribution in [-0.4, -0.2) is 32.5 Å². The molecule has 1 aliphatic rings. The zero-order chi connectivity index (χ0) is 22.5. The highest BCUT2D eigenvalue weighted by molar-refractivity contribution is 5.88. The van der Waals surface area contributed by atoms with E-state index in [0.29, 0.717) is 32.5 Å². The predicted molar refractivity (Wildman–Crippen MR) is 124 cm³/mol. The molecule has 1 N–H and O–H groups in total. The second kappa shape index (κ2) is 9.81. The van der Waals surface area contributed by atoms with Gasteiger partial charge in [-0.15, -0.1) is 0 Å². The molecule has 2 aromatic carbocycles. The first-order chi connectivity index (χ1) is 15.5. The SMILES string of the molecule is CC(C)CC(=O)N1Cc2ccccc2CC1C(=O)NCc1cccc(Cn2cccn2)c1. The summed E-state index contributed by atoms with van der Waals surface area (Å²) in [6.07, 6.45) is 4.68. The standard InChI is InChI=1S/C26H30N4O2/c1-19(2)13-25(31)30-18-23-10-4-3-9-22(23)15-24(30)26(32)27-16-20-7-5-8-21(14-20)17-29-12-6-11-28-29/h3-12,14,19,24H,13,15-18H2,1-2H3,(H,27,32). The molecule has 0 bridgehead atoms. The summed E-state index contributed by atoms with van der Waals surface area (Å²) >= 11 is 0. The molecule has 0 aliphatic carbocycles. The number of nitrogens with zero attached hydrogens (tertiary/aromatic N) is 3. The predicted octanol–water partition coefficient (Wildman–Crippen LogP) is 3.55. The number of benzene rings is 2. The van der Waals surface area contributed by atoms with E-state index in [0.717, 1.165) is 22.3 Å². The van der Waals surface area contributed by atoms with Crippen LogP contribution in [0.3, 0.4) is 0 Å². The molecule has 1 unspecified atom stereocenters. The van der Waals surface area contributed by atoms with Crippen molar-refractivity contribution in [1.29, 1.82) is 0 Å². The van der Waals surface area contributed by atoms with Crippen LogP contribution in [0.1, 0.15) is 42.5 Å². The number of hydrogen-bond acceptors (Lipinski definition) is 3. The Labute approximate surface area is 189 Å². The second-order valence-electron chi connectivity index (χ2n) is 8.85. The summed E-state index contributed by atoms with van der Waals surface area (Å²) < 4.78 is 1.87. The highest BCUT2D eigenvalue weighted by Crippen LogP contribution is 2.25. The van der Waals surface area contributed by atoms with Crippen molar-refractivity contribution >= 4 is 11.8 Å². The molecule has 2 amide bonds. The van der Waals surface area contributed by atoms with E-state index in [1.807, 2.05) is 61.1 Å². The highest BCUT2D eigenvalue weighted by Gasteiger charge is 2.34. The molecule has 166 valence electrons. The number of carbonyl (C=O) groups is 2. The maximum Gasteiger partial charge on any atom is 0.243 e. The quantitative estimate of drug-likeness (QED) is 0.623. The third kappa shape index (κ3) is 5.25. The number of nitrogens with one attached hydrogen (secondary N) is 1. The van der Waals surface area contributed by atoms with E-state index in [9.17, 15) is 9.59 Å². The van der Waals surface area contributed by atoms with Gasteiger partial charge in [0.15, 0.2) is 0 Å². The summed E-state index contributed by atoms with van der Waals surface area (Å²) in [6.45, 7) is 5.66. The highest BCUT2D eigenvalue weighted by atomic mass is 16.2. The fraction of sp³-hybridized carbons (Fsp3) is 0.346. The zero-order valence-electron chi connectivity index (χ0n) is 18.7. The lowest BCUT2D eigenvalue weighted by molar-refractivity contribution is -0.142. The van der Waals surface area contributed by atoms with E-state index in [1.165, 1.54) is 0 Å². The Bertz CT molecular complexity index is 1070. The van der Waals surface area contributed by atoms with Crippen molar-refractivity contribution in [3.63, 3.8) is 0 Å². The Kier molecular flexibility index (Phi) is 6.69. The molecular weight excluding hydrogens is 400 g/mol. The van der Waals surface area contributed by atoms with Gasteiger partial charge in [-0.25, -0.2) is 0 Å². The molecule has 0 saturated carbocycles. The minimum Gasteiger partial charge on any atom is -0.350 e. The summed E-state index contributed by atoms with van der Waals surface area (Å²) in [6, 6.07) is 17.6. The van der Waals surface area contributed by atoms with Crippen molar-refractivity contribution in [2.45, 2.75) is 52.4 Å². The van der Waals surface area contributed by atoms with E-state index >= 15 is 0 Å². The molecule has 2 heterocycles. The summed E-state index contributed by atoms with van der Waals surface area (Å²) in [5.74, 6) is 0.186. The molecule has 4 rings (SSSR count). The van der Waals surface area contributed by atoms with Gasteiger partial charge in [-0.2, -0.15) is 5.10 Å². The Morgan fingerprint density at radius 3 is 2.59 bits per heavy atom. The van der Waals surface area contributed by atoms with E-state index in [1.54, 1.807) is 11.1 Å². The number of aromatic nitrogens is 2. The van der Waals surface area contributed by atoms with Crippen molar-refractivity contribution < 1.29 is 9.59 Å². The largest absolute Gasteiger partial charge is 0.350 e. The molecule has 1 aliphatic heterocycles. The Hall–Kier alpha value is -3.41. The third-order valence-electron chi connectivity index (χ3n) is 5.82. The van der Waals surface area contributed by atoms with E-state index in [4.69, 9.17) is 0 Å². The van der Waals surface area contributed by atoms with Gasteiger partial charge >= 0.3 is 0 Å². The molecule has 3 aromatic rings. The van der Waals surface area contributed by atoms with Gasteiger partial charge in [0, 0.05) is 38.3 Å². The lowest BCUT2D eigenvalue weighted by atomic mass is 9.92. The van der Waals surface area contributed by atoms with Gasteiger partial charge in [-0.05, 0) is 34.2 Å². The second-order valence-corrected chi connectivity index (χ2v) is 8.85. The molecule has 0 radical (unpaired) electrons. The molecule has 0 spiro atoms. The van der Waals surface area contributed by atoms with Gasteiger partial charge in [0.05, 0.1) is 6.54 Å². The van der Waals surface area contributed by atoms with Crippen molar-refractivity contribution in [2.24, 2.45) is 5.92 Å². The molecule has 6 heteroatoms. The van der Waals surface area contributed by atoms with Crippen LogP contribution in [-0.2, 0) is 35.6 Å². The van der Waals surface area contributed by atoms with Crippen molar-refractivity contribution in [2.75, 3.05) is 0 Å². The van der Waals surface area contributed by atoms with Crippen LogP contribution >= 0.6 is 0 Å². The summed E-state index contributed by atoms with van der Waals surface area (Å²) in [7, 11) is 0. The first-order valence-corrected chi connectivity index (χ1v) is 11.2. The average Bonchev–Trinajstić information content (AvgIpc) is 3.29. The van der Waals surface area contributed by atoms with Gasteiger partial charge < -0.3 is 10.2 Å². The van der Waals surface area contributed by atoms with E-state index in [2.05, 4.69) is 28.6 Å². The minimum absolute atomic E-state index is 0.0378. The molecule has 6 nitrogen and oxygen atoms in total. The number of fused-ring (bicyclic) bond motifs is 1. The normalized spacial score (nSPS) is 15.5. The number of hydrogen-bond donors (Lipinski definition) is 1. The van der Waals surface area contributed by atoms with Crippen LogP contribution in [0.2, 0.25) is 0 Å². The van der Waals surface area contributed by atoms with E-state index in [-0.39, 0.29) is 17.7 Å².